The summed E-state index contributed by atoms with van der Waals surface area (Å²) in [6.45, 7) is 11.2. The van der Waals surface area contributed by atoms with E-state index in [0.717, 1.165) is 17.9 Å². The summed E-state index contributed by atoms with van der Waals surface area (Å²) < 4.78 is 5.67. The number of allylic oxidation sites excluding steroid dienone is 2. The van der Waals surface area contributed by atoms with Crippen molar-refractivity contribution in [2.24, 2.45) is 0 Å². The number of hydrogen-bond donors (Lipinski definition) is 1. The molecular formula is C15H19NO. The molecule has 0 saturated heterocycles. The molecule has 0 amide bonds. The molecule has 0 fully saturated rings. The zero-order chi connectivity index (χ0) is 12.4. The van der Waals surface area contributed by atoms with Crippen LogP contribution in [0.15, 0.2) is 36.6 Å². The van der Waals surface area contributed by atoms with Crippen LogP contribution in [0.25, 0.3) is 5.57 Å². The van der Waals surface area contributed by atoms with Crippen LogP contribution in [-0.2, 0) is 0 Å². The third-order valence-corrected chi connectivity index (χ3v) is 3.06. The summed E-state index contributed by atoms with van der Waals surface area (Å²) in [5.74, 6) is 1.63. The van der Waals surface area contributed by atoms with Gasteiger partial charge in [-0.2, -0.15) is 0 Å². The number of benzene rings is 1. The molecule has 2 rings (SSSR count). The fourth-order valence-corrected chi connectivity index (χ4v) is 2.13. The van der Waals surface area contributed by atoms with Gasteiger partial charge in [0.1, 0.15) is 11.5 Å². The van der Waals surface area contributed by atoms with Crippen molar-refractivity contribution in [2.75, 3.05) is 6.54 Å². The van der Waals surface area contributed by atoms with Gasteiger partial charge in [-0.05, 0) is 43.7 Å². The molecule has 0 spiro atoms. The average Bonchev–Trinajstić information content (AvgIpc) is 2.28. The van der Waals surface area contributed by atoms with E-state index in [4.69, 9.17) is 4.74 Å². The van der Waals surface area contributed by atoms with E-state index in [1.807, 2.05) is 6.08 Å². The van der Waals surface area contributed by atoms with Gasteiger partial charge < -0.3 is 10.1 Å². The van der Waals surface area contributed by atoms with Gasteiger partial charge in [0.25, 0.3) is 0 Å². The lowest BCUT2D eigenvalue weighted by Gasteiger charge is -2.20. The lowest BCUT2D eigenvalue weighted by molar-refractivity contribution is 0.439. The Bertz CT molecular complexity index is 474. The minimum absolute atomic E-state index is 0.341. The van der Waals surface area contributed by atoms with Crippen LogP contribution >= 0.6 is 0 Å². The predicted molar refractivity (Wildman–Crippen MR) is 72.0 cm³/mol. The van der Waals surface area contributed by atoms with Gasteiger partial charge in [0.05, 0.1) is 0 Å². The lowest BCUT2D eigenvalue weighted by atomic mass is 9.99. The molecular weight excluding hydrogens is 210 g/mol. The molecule has 90 valence electrons. The van der Waals surface area contributed by atoms with Crippen LogP contribution in [0.5, 0.6) is 5.75 Å². The van der Waals surface area contributed by atoms with Gasteiger partial charge in [0, 0.05) is 11.6 Å². The Kier molecular flexibility index (Phi) is 3.34. The average molecular weight is 229 g/mol. The van der Waals surface area contributed by atoms with Crippen molar-refractivity contribution in [3.05, 3.63) is 47.7 Å². The summed E-state index contributed by atoms with van der Waals surface area (Å²) >= 11 is 0. The minimum atomic E-state index is 0.341. The molecule has 1 aliphatic rings. The first-order chi connectivity index (χ1) is 8.11. The molecule has 0 aliphatic carbocycles. The van der Waals surface area contributed by atoms with Gasteiger partial charge in [-0.3, -0.25) is 0 Å². The standard InChI is InChI=1S/C15H19NO/c1-5-16-12(4)13-6-7-14-10(2)8-11(3)17-15(14)9-13/h6-9,12,16H,3,5H2,1-2,4H3. The van der Waals surface area contributed by atoms with E-state index in [-0.39, 0.29) is 0 Å². The highest BCUT2D eigenvalue weighted by molar-refractivity contribution is 5.73. The Morgan fingerprint density at radius 2 is 2.18 bits per heavy atom. The third kappa shape index (κ3) is 2.42. The van der Waals surface area contributed by atoms with Crippen LogP contribution in [0.4, 0.5) is 0 Å². The maximum Gasteiger partial charge on any atom is 0.135 e. The zero-order valence-corrected chi connectivity index (χ0v) is 10.7. The van der Waals surface area contributed by atoms with Crippen molar-refractivity contribution < 1.29 is 4.74 Å². The molecule has 1 aromatic carbocycles. The SMILES string of the molecule is C=C1C=C(C)c2ccc(C(C)NCC)cc2O1. The molecule has 1 heterocycles. The Labute approximate surface area is 103 Å². The smallest absolute Gasteiger partial charge is 0.135 e. The second-order valence-corrected chi connectivity index (χ2v) is 4.43. The highest BCUT2D eigenvalue weighted by Gasteiger charge is 2.15. The van der Waals surface area contributed by atoms with Crippen LogP contribution < -0.4 is 10.1 Å². The lowest BCUT2D eigenvalue weighted by Crippen LogP contribution is -2.17. The summed E-state index contributed by atoms with van der Waals surface area (Å²) in [6, 6.07) is 6.72. The van der Waals surface area contributed by atoms with Gasteiger partial charge >= 0.3 is 0 Å². The maximum atomic E-state index is 5.67. The van der Waals surface area contributed by atoms with E-state index in [1.54, 1.807) is 0 Å². The summed E-state index contributed by atoms with van der Waals surface area (Å²) in [6.07, 6.45) is 1.97. The molecule has 17 heavy (non-hydrogen) atoms. The largest absolute Gasteiger partial charge is 0.457 e. The highest BCUT2D eigenvalue weighted by Crippen LogP contribution is 2.34. The van der Waals surface area contributed by atoms with Crippen molar-refractivity contribution in [2.45, 2.75) is 26.8 Å². The van der Waals surface area contributed by atoms with E-state index < -0.39 is 0 Å². The Hall–Kier alpha value is -1.54. The summed E-state index contributed by atoms with van der Waals surface area (Å²) in [5.41, 5.74) is 3.61. The molecule has 1 N–H and O–H groups in total. The van der Waals surface area contributed by atoms with Gasteiger partial charge in [0.2, 0.25) is 0 Å². The van der Waals surface area contributed by atoms with Crippen molar-refractivity contribution in [1.82, 2.24) is 5.32 Å². The maximum absolute atomic E-state index is 5.67. The van der Waals surface area contributed by atoms with Gasteiger partial charge in [-0.1, -0.05) is 25.6 Å². The molecule has 0 bridgehead atoms. The van der Waals surface area contributed by atoms with Crippen molar-refractivity contribution in [3.63, 3.8) is 0 Å². The molecule has 1 aromatic rings. The van der Waals surface area contributed by atoms with Crippen LogP contribution in [0.1, 0.15) is 37.9 Å². The zero-order valence-electron chi connectivity index (χ0n) is 10.7. The number of ether oxygens (including phenoxy) is 1. The highest BCUT2D eigenvalue weighted by atomic mass is 16.5. The van der Waals surface area contributed by atoms with Crippen LogP contribution in [0.2, 0.25) is 0 Å². The summed E-state index contributed by atoms with van der Waals surface area (Å²) in [5, 5.41) is 3.40. The van der Waals surface area contributed by atoms with Crippen molar-refractivity contribution in [1.29, 1.82) is 0 Å². The van der Waals surface area contributed by atoms with E-state index in [2.05, 4.69) is 50.9 Å². The summed E-state index contributed by atoms with van der Waals surface area (Å²) in [7, 11) is 0. The van der Waals surface area contributed by atoms with Gasteiger partial charge in [-0.15, -0.1) is 0 Å². The van der Waals surface area contributed by atoms with Crippen molar-refractivity contribution >= 4 is 5.57 Å². The molecule has 2 heteroatoms. The molecule has 1 atom stereocenters. The Morgan fingerprint density at radius 3 is 2.88 bits per heavy atom. The first-order valence-electron chi connectivity index (χ1n) is 6.04. The first kappa shape index (κ1) is 11.9. The first-order valence-corrected chi connectivity index (χ1v) is 6.04. The van der Waals surface area contributed by atoms with E-state index in [1.165, 1.54) is 11.1 Å². The Balaban J connectivity index is 2.35. The van der Waals surface area contributed by atoms with E-state index in [0.29, 0.717) is 11.8 Å². The topological polar surface area (TPSA) is 21.3 Å². The molecule has 0 radical (unpaired) electrons. The number of fused-ring (bicyclic) bond motifs is 1. The number of hydrogen-bond acceptors (Lipinski definition) is 2. The van der Waals surface area contributed by atoms with Gasteiger partial charge in [-0.25, -0.2) is 0 Å². The number of nitrogens with one attached hydrogen (secondary N) is 1. The quantitative estimate of drug-likeness (QED) is 0.854. The summed E-state index contributed by atoms with van der Waals surface area (Å²) in [4.78, 5) is 0. The minimum Gasteiger partial charge on any atom is -0.457 e. The van der Waals surface area contributed by atoms with E-state index >= 15 is 0 Å². The molecule has 1 aliphatic heterocycles. The van der Waals surface area contributed by atoms with Crippen LogP contribution in [-0.4, -0.2) is 6.54 Å². The fourth-order valence-electron chi connectivity index (χ4n) is 2.13. The predicted octanol–water partition coefficient (Wildman–Crippen LogP) is 3.67. The normalized spacial score (nSPS) is 15.9. The molecule has 0 aromatic heterocycles. The second-order valence-electron chi connectivity index (χ2n) is 4.43. The molecule has 1 unspecified atom stereocenters. The monoisotopic (exact) mass is 229 g/mol. The van der Waals surface area contributed by atoms with Crippen molar-refractivity contribution in [3.8, 4) is 5.75 Å². The van der Waals surface area contributed by atoms with E-state index in [9.17, 15) is 0 Å². The third-order valence-electron chi connectivity index (χ3n) is 3.06. The molecule has 2 nitrogen and oxygen atoms in total. The Morgan fingerprint density at radius 1 is 1.41 bits per heavy atom. The second kappa shape index (κ2) is 4.76. The fraction of sp³-hybridized carbons (Fsp3) is 0.333. The van der Waals surface area contributed by atoms with Crippen LogP contribution in [0, 0.1) is 0 Å². The van der Waals surface area contributed by atoms with Crippen LogP contribution in [0.3, 0.4) is 0 Å². The van der Waals surface area contributed by atoms with Gasteiger partial charge in [0.15, 0.2) is 0 Å². The number of rotatable bonds is 3. The molecule has 0 saturated carbocycles.